The fraction of sp³-hybridized carbons (Fsp3) is 1.00. The van der Waals surface area contributed by atoms with E-state index in [2.05, 4.69) is 0 Å². The van der Waals surface area contributed by atoms with E-state index < -0.39 is 9.53 Å². The monoisotopic (exact) mass is 245 g/mol. The van der Waals surface area contributed by atoms with E-state index >= 15 is 0 Å². The highest BCUT2D eigenvalue weighted by Crippen LogP contribution is 2.40. The summed E-state index contributed by atoms with van der Waals surface area (Å²) >= 11 is 0. The summed E-state index contributed by atoms with van der Waals surface area (Å²) < 4.78 is 21.1. The van der Waals surface area contributed by atoms with Crippen LogP contribution in [0.1, 0.15) is 32.1 Å². The quantitative estimate of drug-likeness (QED) is 0.388. The van der Waals surface area contributed by atoms with E-state index in [0.717, 1.165) is 18.9 Å². The molecule has 5 heteroatoms. The fourth-order valence-corrected chi connectivity index (χ4v) is 3.19. The van der Waals surface area contributed by atoms with Gasteiger partial charge in [-0.25, -0.2) is 0 Å². The van der Waals surface area contributed by atoms with Crippen molar-refractivity contribution in [1.29, 1.82) is 0 Å². The second-order valence-corrected chi connectivity index (χ2v) is 6.15. The SMILES string of the molecule is CO[Si](OC)OCCCC1CCC2OC2C1. The van der Waals surface area contributed by atoms with Crippen molar-refractivity contribution in [2.75, 3.05) is 20.8 Å². The minimum absolute atomic E-state index is 0.595. The molecule has 1 saturated carbocycles. The number of epoxide rings is 1. The van der Waals surface area contributed by atoms with Crippen molar-refractivity contribution >= 4 is 9.53 Å². The van der Waals surface area contributed by atoms with E-state index in [0.29, 0.717) is 12.2 Å². The maximum Gasteiger partial charge on any atom is 0.577 e. The third-order valence-corrected chi connectivity index (χ3v) is 4.53. The Balaban J connectivity index is 1.50. The summed E-state index contributed by atoms with van der Waals surface area (Å²) in [5.41, 5.74) is 0. The first kappa shape index (κ1) is 12.5. The maximum absolute atomic E-state index is 5.52. The van der Waals surface area contributed by atoms with Gasteiger partial charge in [-0.05, 0) is 38.0 Å². The van der Waals surface area contributed by atoms with E-state index in [9.17, 15) is 0 Å². The largest absolute Gasteiger partial charge is 0.577 e. The van der Waals surface area contributed by atoms with Gasteiger partial charge in [0.15, 0.2) is 0 Å². The van der Waals surface area contributed by atoms with Gasteiger partial charge in [0, 0.05) is 20.8 Å². The molecule has 1 radical (unpaired) electrons. The van der Waals surface area contributed by atoms with Gasteiger partial charge in [0.1, 0.15) is 0 Å². The Hall–Kier alpha value is 0.0569. The second kappa shape index (κ2) is 6.12. The summed E-state index contributed by atoms with van der Waals surface area (Å²) in [7, 11) is 1.80. The lowest BCUT2D eigenvalue weighted by Gasteiger charge is -2.18. The van der Waals surface area contributed by atoms with Crippen LogP contribution >= 0.6 is 0 Å². The van der Waals surface area contributed by atoms with Crippen molar-refractivity contribution < 1.29 is 18.0 Å². The van der Waals surface area contributed by atoms with E-state index in [1.165, 1.54) is 25.7 Å². The first-order valence-electron chi connectivity index (χ1n) is 6.06. The Morgan fingerprint density at radius 2 is 2.00 bits per heavy atom. The van der Waals surface area contributed by atoms with Crippen molar-refractivity contribution in [2.45, 2.75) is 44.3 Å². The molecule has 0 N–H and O–H groups in total. The summed E-state index contributed by atoms with van der Waals surface area (Å²) in [6.07, 6.45) is 7.41. The van der Waals surface area contributed by atoms with Gasteiger partial charge in [0.2, 0.25) is 0 Å². The Labute approximate surface area is 99.2 Å². The smallest absolute Gasteiger partial charge is 0.375 e. The number of hydrogen-bond acceptors (Lipinski definition) is 4. The highest BCUT2D eigenvalue weighted by atomic mass is 28.3. The van der Waals surface area contributed by atoms with Gasteiger partial charge in [-0.15, -0.1) is 0 Å². The third-order valence-electron chi connectivity index (χ3n) is 3.42. The topological polar surface area (TPSA) is 40.2 Å². The van der Waals surface area contributed by atoms with Gasteiger partial charge >= 0.3 is 9.53 Å². The molecule has 1 saturated heterocycles. The molecule has 0 aromatic rings. The Kier molecular flexibility index (Phi) is 4.78. The van der Waals surface area contributed by atoms with E-state index in [4.69, 9.17) is 18.0 Å². The van der Waals surface area contributed by atoms with Crippen molar-refractivity contribution in [3.63, 3.8) is 0 Å². The van der Waals surface area contributed by atoms with E-state index in [1.54, 1.807) is 14.2 Å². The zero-order valence-electron chi connectivity index (χ0n) is 10.1. The molecule has 1 aliphatic heterocycles. The van der Waals surface area contributed by atoms with Crippen LogP contribution in [0.25, 0.3) is 0 Å². The lowest BCUT2D eigenvalue weighted by atomic mass is 9.86. The molecule has 2 aliphatic rings. The molecule has 3 atom stereocenters. The zero-order valence-corrected chi connectivity index (χ0v) is 11.1. The molecule has 0 spiro atoms. The van der Waals surface area contributed by atoms with Crippen LogP contribution in [-0.2, 0) is 18.0 Å². The minimum atomic E-state index is -1.45. The van der Waals surface area contributed by atoms with Crippen LogP contribution < -0.4 is 0 Å². The highest BCUT2D eigenvalue weighted by Gasteiger charge is 2.43. The van der Waals surface area contributed by atoms with E-state index in [1.807, 2.05) is 0 Å². The highest BCUT2D eigenvalue weighted by molar-refractivity contribution is 6.36. The summed E-state index contributed by atoms with van der Waals surface area (Å²) in [5, 5.41) is 0. The normalized spacial score (nSPS) is 32.8. The molecule has 93 valence electrons. The molecule has 4 nitrogen and oxygen atoms in total. The van der Waals surface area contributed by atoms with Crippen molar-refractivity contribution in [3.05, 3.63) is 0 Å². The first-order chi connectivity index (χ1) is 7.83. The average molecular weight is 245 g/mol. The molecule has 16 heavy (non-hydrogen) atoms. The fourth-order valence-electron chi connectivity index (χ4n) is 2.48. The van der Waals surface area contributed by atoms with Crippen molar-refractivity contribution in [3.8, 4) is 0 Å². The van der Waals surface area contributed by atoms with Crippen LogP contribution in [0.5, 0.6) is 0 Å². The minimum Gasteiger partial charge on any atom is -0.375 e. The second-order valence-electron chi connectivity index (χ2n) is 4.54. The van der Waals surface area contributed by atoms with Gasteiger partial charge in [0.25, 0.3) is 0 Å². The van der Waals surface area contributed by atoms with Crippen molar-refractivity contribution in [1.82, 2.24) is 0 Å². The predicted molar refractivity (Wildman–Crippen MR) is 61.0 cm³/mol. The molecule has 2 rings (SSSR count). The van der Waals surface area contributed by atoms with Crippen LogP contribution in [0.4, 0.5) is 0 Å². The van der Waals surface area contributed by atoms with Gasteiger partial charge in [-0.3, -0.25) is 0 Å². The Bertz CT molecular complexity index is 210. The zero-order chi connectivity index (χ0) is 11.4. The summed E-state index contributed by atoms with van der Waals surface area (Å²) in [5.74, 6) is 0.841. The standard InChI is InChI=1S/C11H21O4Si/c1-12-16(13-2)14-7-3-4-9-5-6-10-11(8-9)15-10/h9-11H,3-8H2,1-2H3. The lowest BCUT2D eigenvalue weighted by Crippen LogP contribution is -2.24. The molecule has 0 bridgehead atoms. The number of rotatable bonds is 7. The van der Waals surface area contributed by atoms with Gasteiger partial charge in [-0.1, -0.05) is 0 Å². The van der Waals surface area contributed by atoms with Gasteiger partial charge < -0.3 is 18.0 Å². The number of fused-ring (bicyclic) bond motifs is 1. The molecule has 1 heterocycles. The van der Waals surface area contributed by atoms with Crippen LogP contribution in [0, 0.1) is 5.92 Å². The molecular weight excluding hydrogens is 224 g/mol. The summed E-state index contributed by atoms with van der Waals surface area (Å²) in [6, 6.07) is 0. The van der Waals surface area contributed by atoms with Crippen LogP contribution in [0.2, 0.25) is 0 Å². The van der Waals surface area contributed by atoms with Crippen molar-refractivity contribution in [2.24, 2.45) is 5.92 Å². The molecule has 1 aliphatic carbocycles. The Morgan fingerprint density at radius 1 is 1.19 bits per heavy atom. The maximum atomic E-state index is 5.52. The van der Waals surface area contributed by atoms with Gasteiger partial charge in [-0.2, -0.15) is 0 Å². The molecular formula is C11H21O4Si. The molecule has 0 amide bonds. The van der Waals surface area contributed by atoms with Crippen LogP contribution in [-0.4, -0.2) is 42.6 Å². The van der Waals surface area contributed by atoms with Crippen LogP contribution in [0.15, 0.2) is 0 Å². The molecule has 0 aromatic carbocycles. The van der Waals surface area contributed by atoms with Crippen LogP contribution in [0.3, 0.4) is 0 Å². The summed E-state index contributed by atoms with van der Waals surface area (Å²) in [4.78, 5) is 0. The Morgan fingerprint density at radius 3 is 2.69 bits per heavy atom. The lowest BCUT2D eigenvalue weighted by molar-refractivity contribution is 0.130. The predicted octanol–water partition coefficient (Wildman–Crippen LogP) is 1.63. The van der Waals surface area contributed by atoms with E-state index in [-0.39, 0.29) is 0 Å². The molecule has 3 unspecified atom stereocenters. The summed E-state index contributed by atoms with van der Waals surface area (Å²) in [6.45, 7) is 0.751. The first-order valence-corrected chi connectivity index (χ1v) is 7.29. The number of hydrogen-bond donors (Lipinski definition) is 0. The van der Waals surface area contributed by atoms with Gasteiger partial charge in [0.05, 0.1) is 12.2 Å². The number of ether oxygens (including phenoxy) is 1. The average Bonchev–Trinajstić information content (AvgIpc) is 3.07. The molecule has 2 fully saturated rings. The third kappa shape index (κ3) is 3.53. The molecule has 0 aromatic heterocycles.